The van der Waals surface area contributed by atoms with Gasteiger partial charge in [0.1, 0.15) is 0 Å². The smallest absolute Gasteiger partial charge is 0.223 e. The first-order valence-electron chi connectivity index (χ1n) is 6.30. The van der Waals surface area contributed by atoms with Crippen molar-refractivity contribution >= 4 is 5.91 Å². The number of nitrogens with two attached hydrogens (primary N) is 1. The molecule has 2 heterocycles. The fraction of sp³-hybridized carbons (Fsp3) is 0.267. The van der Waals surface area contributed by atoms with Crippen molar-refractivity contribution in [3.05, 3.63) is 47.8 Å². The van der Waals surface area contributed by atoms with Crippen LogP contribution in [-0.4, -0.2) is 10.5 Å². The van der Waals surface area contributed by atoms with Gasteiger partial charge in [-0.1, -0.05) is 30.3 Å². The number of hydrogen-bond acceptors (Lipinski definition) is 1. The zero-order valence-electron chi connectivity index (χ0n) is 10.2. The number of aromatic nitrogens is 1. The molecule has 1 amide bonds. The summed E-state index contributed by atoms with van der Waals surface area (Å²) >= 11 is 0. The van der Waals surface area contributed by atoms with Crippen molar-refractivity contribution in [3.8, 4) is 11.1 Å². The Bertz CT molecular complexity index is 584. The van der Waals surface area contributed by atoms with Crippen molar-refractivity contribution in [2.75, 3.05) is 0 Å². The number of fused-ring (bicyclic) bond motifs is 1. The van der Waals surface area contributed by atoms with Crippen LogP contribution in [-0.2, 0) is 24.2 Å². The van der Waals surface area contributed by atoms with Crippen molar-refractivity contribution in [3.63, 3.8) is 0 Å². The fourth-order valence-corrected chi connectivity index (χ4v) is 2.77. The molecule has 0 atom stereocenters. The van der Waals surface area contributed by atoms with E-state index in [0.29, 0.717) is 6.42 Å². The summed E-state index contributed by atoms with van der Waals surface area (Å²) in [5.41, 5.74) is 10.1. The molecule has 0 saturated heterocycles. The van der Waals surface area contributed by atoms with Gasteiger partial charge in [-0.2, -0.15) is 0 Å². The minimum atomic E-state index is -0.264. The zero-order valence-corrected chi connectivity index (χ0v) is 10.2. The molecule has 0 unspecified atom stereocenters. The van der Waals surface area contributed by atoms with Gasteiger partial charge in [0.05, 0.1) is 6.42 Å². The van der Waals surface area contributed by atoms with Gasteiger partial charge in [-0.15, -0.1) is 0 Å². The summed E-state index contributed by atoms with van der Waals surface area (Å²) in [6.07, 6.45) is 2.58. The average Bonchev–Trinajstić information content (AvgIpc) is 2.93. The number of hydrogen-bond donors (Lipinski definition) is 1. The third-order valence-electron chi connectivity index (χ3n) is 3.54. The Morgan fingerprint density at radius 1 is 1.28 bits per heavy atom. The molecule has 18 heavy (non-hydrogen) atoms. The Morgan fingerprint density at radius 2 is 2.06 bits per heavy atom. The van der Waals surface area contributed by atoms with Crippen LogP contribution in [0.25, 0.3) is 11.1 Å². The molecule has 3 rings (SSSR count). The normalized spacial score (nSPS) is 13.6. The minimum absolute atomic E-state index is 0.264. The second-order valence-electron chi connectivity index (χ2n) is 4.76. The van der Waals surface area contributed by atoms with E-state index in [2.05, 4.69) is 22.8 Å². The maximum absolute atomic E-state index is 11.3. The largest absolute Gasteiger partial charge is 0.369 e. The summed E-state index contributed by atoms with van der Waals surface area (Å²) in [7, 11) is 0. The van der Waals surface area contributed by atoms with Gasteiger partial charge in [-0.05, 0) is 24.5 Å². The molecule has 1 aromatic carbocycles. The van der Waals surface area contributed by atoms with Crippen molar-refractivity contribution in [2.45, 2.75) is 25.8 Å². The molecule has 0 aliphatic carbocycles. The third-order valence-corrected chi connectivity index (χ3v) is 3.54. The quantitative estimate of drug-likeness (QED) is 0.877. The van der Waals surface area contributed by atoms with Crippen molar-refractivity contribution < 1.29 is 4.79 Å². The topological polar surface area (TPSA) is 48.0 Å². The Labute approximate surface area is 106 Å². The fourth-order valence-electron chi connectivity index (χ4n) is 2.77. The number of nitrogens with zero attached hydrogens (tertiary/aromatic N) is 1. The van der Waals surface area contributed by atoms with Gasteiger partial charge in [-0.25, -0.2) is 0 Å². The molecule has 1 aliphatic heterocycles. The van der Waals surface area contributed by atoms with E-state index in [0.717, 1.165) is 36.2 Å². The monoisotopic (exact) mass is 240 g/mol. The molecule has 1 aromatic heterocycles. The van der Waals surface area contributed by atoms with Crippen molar-refractivity contribution in [1.29, 1.82) is 0 Å². The standard InChI is InChI=1S/C15H16N2O/c16-15(18)10-14-13(11-5-2-1-3-6-11)9-12-7-4-8-17(12)14/h1-3,5-6,9H,4,7-8,10H2,(H2,16,18). The highest BCUT2D eigenvalue weighted by Gasteiger charge is 2.20. The summed E-state index contributed by atoms with van der Waals surface area (Å²) in [4.78, 5) is 11.3. The van der Waals surface area contributed by atoms with Gasteiger partial charge in [0.15, 0.2) is 0 Å². The van der Waals surface area contributed by atoms with Gasteiger partial charge in [0, 0.05) is 23.5 Å². The number of aryl methyl sites for hydroxylation is 1. The van der Waals surface area contributed by atoms with E-state index in [1.54, 1.807) is 0 Å². The van der Waals surface area contributed by atoms with E-state index in [1.165, 1.54) is 5.69 Å². The first-order chi connectivity index (χ1) is 8.75. The molecule has 0 saturated carbocycles. The van der Waals surface area contributed by atoms with Crippen molar-refractivity contribution in [1.82, 2.24) is 4.57 Å². The molecule has 0 fully saturated rings. The van der Waals surface area contributed by atoms with Crippen LogP contribution in [0.2, 0.25) is 0 Å². The Balaban J connectivity index is 2.12. The molecule has 92 valence electrons. The van der Waals surface area contributed by atoms with Gasteiger partial charge in [0.25, 0.3) is 0 Å². The lowest BCUT2D eigenvalue weighted by Crippen LogP contribution is -2.16. The minimum Gasteiger partial charge on any atom is -0.369 e. The molecule has 2 aromatic rings. The predicted octanol–water partition coefficient (Wildman–Crippen LogP) is 2.13. The SMILES string of the molecule is NC(=O)Cc1c(-c2ccccc2)cc2n1CCC2. The lowest BCUT2D eigenvalue weighted by Gasteiger charge is -2.08. The molecule has 0 radical (unpaired) electrons. The molecule has 0 spiro atoms. The summed E-state index contributed by atoms with van der Waals surface area (Å²) in [6, 6.07) is 12.4. The Morgan fingerprint density at radius 3 is 2.78 bits per heavy atom. The Kier molecular flexibility index (Phi) is 2.67. The van der Waals surface area contributed by atoms with Gasteiger partial charge in [0.2, 0.25) is 5.91 Å². The molecule has 3 nitrogen and oxygen atoms in total. The van der Waals surface area contributed by atoms with Crippen LogP contribution in [0.4, 0.5) is 0 Å². The first kappa shape index (κ1) is 11.1. The molecule has 2 N–H and O–H groups in total. The average molecular weight is 240 g/mol. The van der Waals surface area contributed by atoms with E-state index in [1.807, 2.05) is 18.2 Å². The number of carbonyl (C=O) groups is 1. The zero-order chi connectivity index (χ0) is 12.5. The highest BCUT2D eigenvalue weighted by Crippen LogP contribution is 2.31. The van der Waals surface area contributed by atoms with Gasteiger partial charge < -0.3 is 10.3 Å². The van der Waals surface area contributed by atoms with Gasteiger partial charge in [-0.3, -0.25) is 4.79 Å². The number of amides is 1. The van der Waals surface area contributed by atoms with Crippen LogP contribution >= 0.6 is 0 Å². The van der Waals surface area contributed by atoms with Crippen molar-refractivity contribution in [2.24, 2.45) is 5.73 Å². The third kappa shape index (κ3) is 1.82. The lowest BCUT2D eigenvalue weighted by atomic mass is 10.0. The first-order valence-corrected chi connectivity index (χ1v) is 6.30. The van der Waals surface area contributed by atoms with Crippen LogP contribution < -0.4 is 5.73 Å². The Hall–Kier alpha value is -2.03. The number of primary amides is 1. The summed E-state index contributed by atoms with van der Waals surface area (Å²) in [5.74, 6) is -0.264. The van der Waals surface area contributed by atoms with Crippen LogP contribution in [0.3, 0.4) is 0 Å². The van der Waals surface area contributed by atoms with Gasteiger partial charge >= 0.3 is 0 Å². The highest BCUT2D eigenvalue weighted by molar-refractivity contribution is 5.80. The summed E-state index contributed by atoms with van der Waals surface area (Å²) < 4.78 is 2.26. The van der Waals surface area contributed by atoms with E-state index in [4.69, 9.17) is 5.73 Å². The van der Waals surface area contributed by atoms with E-state index in [9.17, 15) is 4.79 Å². The molecule has 1 aliphatic rings. The van der Waals surface area contributed by atoms with Crippen LogP contribution in [0, 0.1) is 0 Å². The lowest BCUT2D eigenvalue weighted by molar-refractivity contribution is -0.117. The molecular formula is C15H16N2O. The van der Waals surface area contributed by atoms with E-state index < -0.39 is 0 Å². The summed E-state index contributed by atoms with van der Waals surface area (Å²) in [6.45, 7) is 1.00. The number of rotatable bonds is 3. The second kappa shape index (κ2) is 4.33. The van der Waals surface area contributed by atoms with Crippen LogP contribution in [0.1, 0.15) is 17.8 Å². The highest BCUT2D eigenvalue weighted by atomic mass is 16.1. The van der Waals surface area contributed by atoms with E-state index >= 15 is 0 Å². The second-order valence-corrected chi connectivity index (χ2v) is 4.76. The molecule has 0 bridgehead atoms. The van der Waals surface area contributed by atoms with Crippen LogP contribution in [0.5, 0.6) is 0 Å². The maximum atomic E-state index is 11.3. The van der Waals surface area contributed by atoms with E-state index in [-0.39, 0.29) is 5.91 Å². The summed E-state index contributed by atoms with van der Waals surface area (Å²) in [5, 5.41) is 0. The maximum Gasteiger partial charge on any atom is 0.223 e. The number of benzene rings is 1. The van der Waals surface area contributed by atoms with Crippen LogP contribution in [0.15, 0.2) is 36.4 Å². The molecular weight excluding hydrogens is 224 g/mol. The predicted molar refractivity (Wildman–Crippen MR) is 71.1 cm³/mol. The molecule has 3 heteroatoms. The number of carbonyl (C=O) groups excluding carboxylic acids is 1.